The summed E-state index contributed by atoms with van der Waals surface area (Å²) in [4.78, 5) is 2.53. The minimum Gasteiger partial charge on any atom is -0.314 e. The number of fused-ring (bicyclic) bond motifs is 1. The molecule has 32 heavy (non-hydrogen) atoms. The number of hydrogen-bond donors (Lipinski definition) is 1. The van der Waals surface area contributed by atoms with Crippen molar-refractivity contribution >= 4 is 27.3 Å². The third-order valence-electron chi connectivity index (χ3n) is 6.34. The summed E-state index contributed by atoms with van der Waals surface area (Å²) in [6, 6.07) is 13.6. The summed E-state index contributed by atoms with van der Waals surface area (Å²) in [5, 5.41) is 3.60. The molecule has 1 saturated heterocycles. The van der Waals surface area contributed by atoms with Crippen LogP contribution in [0, 0.1) is 5.82 Å². The molecule has 1 N–H and O–H groups in total. The van der Waals surface area contributed by atoms with E-state index in [-0.39, 0.29) is 5.69 Å². The zero-order valence-electron chi connectivity index (χ0n) is 18.7. The van der Waals surface area contributed by atoms with Gasteiger partial charge in [0, 0.05) is 12.6 Å². The lowest BCUT2D eigenvalue weighted by atomic mass is 10.0. The Morgan fingerprint density at radius 3 is 2.28 bits per heavy atom. The molecule has 0 spiro atoms. The van der Waals surface area contributed by atoms with E-state index < -0.39 is 16.0 Å². The molecule has 1 fully saturated rings. The number of nitrogens with zero attached hydrogens (tertiary/aromatic N) is 3. The molecule has 2 heterocycles. The highest BCUT2D eigenvalue weighted by molar-refractivity contribution is 7.95. The molecule has 0 aromatic heterocycles. The van der Waals surface area contributed by atoms with Crippen molar-refractivity contribution < 1.29 is 12.8 Å². The smallest absolute Gasteiger partial charge is 0.314 e. The van der Waals surface area contributed by atoms with E-state index in [1.54, 1.807) is 30.3 Å². The van der Waals surface area contributed by atoms with Crippen LogP contribution in [0.5, 0.6) is 0 Å². The van der Waals surface area contributed by atoms with Gasteiger partial charge in [0.2, 0.25) is 0 Å². The Hall–Kier alpha value is -2.16. The number of para-hydroxylation sites is 3. The molecule has 4 rings (SSSR count). The number of benzene rings is 2. The van der Waals surface area contributed by atoms with Gasteiger partial charge in [-0.05, 0) is 76.1 Å². The fraction of sp³-hybridized carbons (Fsp3) is 0.500. The average molecular weight is 461 g/mol. The third-order valence-corrected chi connectivity index (χ3v) is 8.13. The van der Waals surface area contributed by atoms with Gasteiger partial charge >= 0.3 is 10.2 Å². The quantitative estimate of drug-likeness (QED) is 0.568. The first-order valence-electron chi connectivity index (χ1n) is 11.6. The highest BCUT2D eigenvalue weighted by atomic mass is 32.2. The SMILES string of the molecule is CCCCN1CCC(NCCCN2c3ccccc3N(c3ccccc3F)S2(=O)=O)CC1. The normalized spacial score (nSPS) is 18.8. The topological polar surface area (TPSA) is 55.9 Å². The van der Waals surface area contributed by atoms with Crippen LogP contribution in [0.4, 0.5) is 21.5 Å². The first kappa shape index (κ1) is 23.0. The first-order valence-corrected chi connectivity index (χ1v) is 13.0. The molecule has 8 heteroatoms. The Morgan fingerprint density at radius 1 is 0.938 bits per heavy atom. The summed E-state index contributed by atoms with van der Waals surface area (Å²) in [7, 11) is -3.89. The summed E-state index contributed by atoms with van der Waals surface area (Å²) < 4.78 is 43.8. The van der Waals surface area contributed by atoms with Gasteiger partial charge in [-0.1, -0.05) is 37.6 Å². The number of hydrogen-bond acceptors (Lipinski definition) is 4. The van der Waals surface area contributed by atoms with E-state index in [0.29, 0.717) is 30.4 Å². The van der Waals surface area contributed by atoms with Gasteiger partial charge in [0.05, 0.1) is 17.1 Å². The fourth-order valence-corrected chi connectivity index (χ4v) is 6.33. The molecule has 0 bridgehead atoms. The Labute approximate surface area is 191 Å². The molecule has 0 aliphatic carbocycles. The lowest BCUT2D eigenvalue weighted by Gasteiger charge is -2.32. The van der Waals surface area contributed by atoms with Gasteiger partial charge in [-0.25, -0.2) is 8.70 Å². The molecule has 0 saturated carbocycles. The number of unbranched alkanes of at least 4 members (excludes halogenated alkanes) is 1. The predicted molar refractivity (Wildman–Crippen MR) is 128 cm³/mol. The summed E-state index contributed by atoms with van der Waals surface area (Å²) in [5.41, 5.74) is 1.14. The van der Waals surface area contributed by atoms with E-state index in [1.165, 1.54) is 35.8 Å². The fourth-order valence-electron chi connectivity index (χ4n) is 4.57. The van der Waals surface area contributed by atoms with Gasteiger partial charge in [-0.15, -0.1) is 0 Å². The third kappa shape index (κ3) is 4.77. The Bertz CT molecular complexity index is 1010. The second kappa shape index (κ2) is 10.2. The van der Waals surface area contributed by atoms with Crippen LogP contribution in [0.1, 0.15) is 39.0 Å². The average Bonchev–Trinajstić information content (AvgIpc) is 3.02. The molecule has 174 valence electrons. The van der Waals surface area contributed by atoms with E-state index in [2.05, 4.69) is 17.1 Å². The van der Waals surface area contributed by atoms with Crippen LogP contribution in [-0.4, -0.2) is 52.1 Å². The highest BCUT2D eigenvalue weighted by Gasteiger charge is 2.41. The molecule has 0 amide bonds. The van der Waals surface area contributed by atoms with E-state index >= 15 is 0 Å². The Morgan fingerprint density at radius 2 is 1.59 bits per heavy atom. The van der Waals surface area contributed by atoms with Crippen LogP contribution < -0.4 is 13.9 Å². The summed E-state index contributed by atoms with van der Waals surface area (Å²) in [6.45, 7) is 6.78. The highest BCUT2D eigenvalue weighted by Crippen LogP contribution is 2.45. The van der Waals surface area contributed by atoms with E-state index in [0.717, 1.165) is 36.8 Å². The van der Waals surface area contributed by atoms with Crippen LogP contribution in [0.25, 0.3) is 0 Å². The van der Waals surface area contributed by atoms with Crippen LogP contribution in [0.3, 0.4) is 0 Å². The lowest BCUT2D eigenvalue weighted by Crippen LogP contribution is -2.43. The van der Waals surface area contributed by atoms with Crippen LogP contribution >= 0.6 is 0 Å². The van der Waals surface area contributed by atoms with Gasteiger partial charge in [-0.3, -0.25) is 4.31 Å². The zero-order valence-corrected chi connectivity index (χ0v) is 19.5. The van der Waals surface area contributed by atoms with Crippen molar-refractivity contribution in [3.8, 4) is 0 Å². The van der Waals surface area contributed by atoms with E-state index in [9.17, 15) is 12.8 Å². The van der Waals surface area contributed by atoms with Crippen molar-refractivity contribution in [2.45, 2.75) is 45.1 Å². The number of rotatable bonds is 9. The van der Waals surface area contributed by atoms with Crippen molar-refractivity contribution in [3.05, 3.63) is 54.3 Å². The molecule has 2 aliphatic rings. The molecular weight excluding hydrogens is 427 g/mol. The summed E-state index contributed by atoms with van der Waals surface area (Å²) in [6.07, 6.45) is 5.45. The number of likely N-dealkylation sites (tertiary alicyclic amines) is 1. The van der Waals surface area contributed by atoms with Crippen molar-refractivity contribution in [1.29, 1.82) is 0 Å². The van der Waals surface area contributed by atoms with E-state index in [4.69, 9.17) is 0 Å². The monoisotopic (exact) mass is 460 g/mol. The van der Waals surface area contributed by atoms with Gasteiger partial charge < -0.3 is 10.2 Å². The maximum atomic E-state index is 14.5. The van der Waals surface area contributed by atoms with Gasteiger partial charge in [-0.2, -0.15) is 8.42 Å². The van der Waals surface area contributed by atoms with Crippen LogP contribution in [0.2, 0.25) is 0 Å². The first-order chi connectivity index (χ1) is 15.5. The number of halogens is 1. The van der Waals surface area contributed by atoms with Crippen molar-refractivity contribution in [2.24, 2.45) is 0 Å². The number of nitrogens with one attached hydrogen (secondary N) is 1. The largest absolute Gasteiger partial charge is 0.331 e. The van der Waals surface area contributed by atoms with Gasteiger partial charge in [0.25, 0.3) is 0 Å². The van der Waals surface area contributed by atoms with Crippen molar-refractivity contribution in [3.63, 3.8) is 0 Å². The molecule has 0 unspecified atom stereocenters. The zero-order chi connectivity index (χ0) is 22.6. The molecule has 2 aromatic rings. The summed E-state index contributed by atoms with van der Waals surface area (Å²) in [5.74, 6) is -0.556. The van der Waals surface area contributed by atoms with Crippen LogP contribution in [0.15, 0.2) is 48.5 Å². The lowest BCUT2D eigenvalue weighted by molar-refractivity contribution is 0.195. The minimum atomic E-state index is -3.89. The van der Waals surface area contributed by atoms with Gasteiger partial charge in [0.15, 0.2) is 0 Å². The number of anilines is 3. The Kier molecular flexibility index (Phi) is 7.33. The van der Waals surface area contributed by atoms with Crippen molar-refractivity contribution in [2.75, 3.05) is 41.3 Å². The molecule has 0 atom stereocenters. The number of piperidine rings is 1. The minimum absolute atomic E-state index is 0.0513. The van der Waals surface area contributed by atoms with Crippen LogP contribution in [-0.2, 0) is 10.2 Å². The summed E-state index contributed by atoms with van der Waals surface area (Å²) >= 11 is 0. The maximum absolute atomic E-state index is 14.5. The maximum Gasteiger partial charge on any atom is 0.331 e. The molecule has 2 aliphatic heterocycles. The second-order valence-electron chi connectivity index (χ2n) is 8.56. The van der Waals surface area contributed by atoms with E-state index in [1.807, 2.05) is 6.07 Å². The molecule has 0 radical (unpaired) electrons. The molecule has 6 nitrogen and oxygen atoms in total. The van der Waals surface area contributed by atoms with Gasteiger partial charge in [0.1, 0.15) is 5.82 Å². The Balaban J connectivity index is 1.37. The molecule has 2 aromatic carbocycles. The van der Waals surface area contributed by atoms with Crippen molar-refractivity contribution in [1.82, 2.24) is 10.2 Å². The predicted octanol–water partition coefficient (Wildman–Crippen LogP) is 4.27. The molecular formula is C24H33FN4O2S. The second-order valence-corrected chi connectivity index (χ2v) is 10.3. The standard InChI is InChI=1S/C24H33FN4O2S/c1-2-3-16-27-18-13-20(14-19-27)26-15-8-17-28-23-11-6-7-12-24(23)29(32(28,30)31)22-10-5-4-9-21(22)25/h4-7,9-12,20,26H,2-3,8,13-19H2,1H3.